The zero-order chi connectivity index (χ0) is 6.41. The normalized spacial score (nSPS) is 14.9. The average Bonchev–Trinajstić information content (AvgIpc) is 1.66. The largest absolute Gasteiger partial charge is 0.159 e. The zero-order valence-electron chi connectivity index (χ0n) is 4.97. The topological polar surface area (TPSA) is 0 Å². The average molecular weight is 151 g/mol. The summed E-state index contributed by atoms with van der Waals surface area (Å²) in [6.07, 6.45) is 6.08. The van der Waals surface area contributed by atoms with Crippen molar-refractivity contribution in [2.24, 2.45) is 0 Å². The SMILES string of the molecule is CC/C=C\CC(S)Cl. The standard InChI is InChI=1S/C6H11ClS/c1-2-3-4-5-6(7)8/h3-4,6,8H,2,5H2,1H3/b4-3-. The second kappa shape index (κ2) is 5.52. The fourth-order valence-corrected chi connectivity index (χ4v) is 0.600. The Morgan fingerprint density at radius 2 is 2.25 bits per heavy atom. The van der Waals surface area contributed by atoms with Gasteiger partial charge < -0.3 is 0 Å². The molecule has 0 spiro atoms. The summed E-state index contributed by atoms with van der Waals surface area (Å²) < 4.78 is -0.0159. The minimum atomic E-state index is -0.0159. The molecular weight excluding hydrogens is 140 g/mol. The van der Waals surface area contributed by atoms with Crippen molar-refractivity contribution in [3.05, 3.63) is 12.2 Å². The van der Waals surface area contributed by atoms with Crippen LogP contribution in [-0.2, 0) is 0 Å². The first-order valence-electron chi connectivity index (χ1n) is 2.74. The van der Waals surface area contributed by atoms with Crippen LogP contribution in [0.5, 0.6) is 0 Å². The maximum absolute atomic E-state index is 5.53. The molecule has 0 nitrogen and oxygen atoms in total. The molecular formula is C6H11ClS. The number of halogens is 1. The van der Waals surface area contributed by atoms with E-state index in [0.717, 1.165) is 12.8 Å². The highest BCUT2D eigenvalue weighted by Crippen LogP contribution is 2.06. The maximum atomic E-state index is 5.53. The van der Waals surface area contributed by atoms with Gasteiger partial charge in [-0.15, -0.1) is 11.6 Å². The van der Waals surface area contributed by atoms with Crippen LogP contribution in [0.25, 0.3) is 0 Å². The Balaban J connectivity index is 3.03. The van der Waals surface area contributed by atoms with Gasteiger partial charge in [-0.3, -0.25) is 0 Å². The maximum Gasteiger partial charge on any atom is 0.0793 e. The molecule has 2 heteroatoms. The summed E-state index contributed by atoms with van der Waals surface area (Å²) in [6.45, 7) is 2.10. The number of alkyl halides is 1. The first-order chi connectivity index (χ1) is 3.77. The van der Waals surface area contributed by atoms with E-state index in [1.807, 2.05) is 6.08 Å². The Morgan fingerprint density at radius 1 is 1.62 bits per heavy atom. The van der Waals surface area contributed by atoms with Gasteiger partial charge in [0.2, 0.25) is 0 Å². The molecule has 0 aromatic rings. The number of hydrogen-bond acceptors (Lipinski definition) is 1. The summed E-state index contributed by atoms with van der Waals surface area (Å²) >= 11 is 9.51. The predicted octanol–water partition coefficient (Wildman–Crippen LogP) is 2.84. The molecule has 0 aromatic carbocycles. The molecule has 0 N–H and O–H groups in total. The van der Waals surface area contributed by atoms with E-state index >= 15 is 0 Å². The number of thiol groups is 1. The molecule has 48 valence electrons. The quantitative estimate of drug-likeness (QED) is 0.357. The molecule has 0 bridgehead atoms. The third-order valence-electron chi connectivity index (χ3n) is 0.733. The first-order valence-corrected chi connectivity index (χ1v) is 3.69. The van der Waals surface area contributed by atoms with Crippen LogP contribution in [0.3, 0.4) is 0 Å². The van der Waals surface area contributed by atoms with Crippen molar-refractivity contribution in [2.45, 2.75) is 24.5 Å². The molecule has 1 atom stereocenters. The summed E-state index contributed by atoms with van der Waals surface area (Å²) in [5.41, 5.74) is 0. The van der Waals surface area contributed by atoms with Gasteiger partial charge in [-0.2, -0.15) is 12.6 Å². The molecule has 0 aliphatic rings. The van der Waals surface area contributed by atoms with Gasteiger partial charge in [0, 0.05) is 0 Å². The van der Waals surface area contributed by atoms with Gasteiger partial charge in [0.15, 0.2) is 0 Å². The lowest BCUT2D eigenvalue weighted by Gasteiger charge is -1.91. The van der Waals surface area contributed by atoms with E-state index in [1.54, 1.807) is 0 Å². The van der Waals surface area contributed by atoms with Crippen LogP contribution in [0, 0.1) is 0 Å². The summed E-state index contributed by atoms with van der Waals surface area (Å²) in [5.74, 6) is 0. The van der Waals surface area contributed by atoms with Gasteiger partial charge in [-0.1, -0.05) is 19.1 Å². The number of rotatable bonds is 3. The van der Waals surface area contributed by atoms with Crippen LogP contribution in [0.1, 0.15) is 19.8 Å². The monoisotopic (exact) mass is 150 g/mol. The molecule has 0 fully saturated rings. The third kappa shape index (κ3) is 6.38. The van der Waals surface area contributed by atoms with Gasteiger partial charge >= 0.3 is 0 Å². The molecule has 0 rings (SSSR count). The van der Waals surface area contributed by atoms with Crippen LogP contribution < -0.4 is 0 Å². The molecule has 0 heterocycles. The summed E-state index contributed by atoms with van der Waals surface area (Å²) in [4.78, 5) is 0. The summed E-state index contributed by atoms with van der Waals surface area (Å²) in [6, 6.07) is 0. The Bertz CT molecular complexity index is 68.9. The van der Waals surface area contributed by atoms with Gasteiger partial charge in [0.25, 0.3) is 0 Å². The molecule has 0 aromatic heterocycles. The van der Waals surface area contributed by atoms with E-state index in [9.17, 15) is 0 Å². The van der Waals surface area contributed by atoms with Crippen LogP contribution in [0.2, 0.25) is 0 Å². The Labute approximate surface area is 61.3 Å². The molecule has 0 aliphatic carbocycles. The van der Waals surface area contributed by atoms with Crippen molar-refractivity contribution in [1.29, 1.82) is 0 Å². The minimum Gasteiger partial charge on any atom is -0.159 e. The summed E-state index contributed by atoms with van der Waals surface area (Å²) in [7, 11) is 0. The van der Waals surface area contributed by atoms with Crippen molar-refractivity contribution in [3.63, 3.8) is 0 Å². The van der Waals surface area contributed by atoms with E-state index in [0.29, 0.717) is 0 Å². The van der Waals surface area contributed by atoms with Gasteiger partial charge in [-0.25, -0.2) is 0 Å². The lowest BCUT2D eigenvalue weighted by Crippen LogP contribution is -1.79. The minimum absolute atomic E-state index is 0.0159. The second-order valence-corrected chi connectivity index (χ2v) is 3.00. The highest BCUT2D eigenvalue weighted by molar-refractivity contribution is 7.82. The van der Waals surface area contributed by atoms with Crippen LogP contribution in [0.15, 0.2) is 12.2 Å². The van der Waals surface area contributed by atoms with Gasteiger partial charge in [0.05, 0.1) is 4.71 Å². The summed E-state index contributed by atoms with van der Waals surface area (Å²) in [5, 5.41) is 0. The van der Waals surface area contributed by atoms with E-state index in [4.69, 9.17) is 11.6 Å². The van der Waals surface area contributed by atoms with Crippen molar-refractivity contribution in [3.8, 4) is 0 Å². The lowest BCUT2D eigenvalue weighted by molar-refractivity contribution is 1.13. The first kappa shape index (κ1) is 8.38. The molecule has 0 saturated carbocycles. The third-order valence-corrected chi connectivity index (χ3v) is 1.12. The van der Waals surface area contributed by atoms with Gasteiger partial charge in [-0.05, 0) is 12.8 Å². The molecule has 0 aliphatic heterocycles. The van der Waals surface area contributed by atoms with Crippen LogP contribution >= 0.6 is 24.2 Å². The Morgan fingerprint density at radius 3 is 2.62 bits per heavy atom. The zero-order valence-corrected chi connectivity index (χ0v) is 6.62. The Hall–Kier alpha value is 0.380. The lowest BCUT2D eigenvalue weighted by atomic mass is 10.3. The van der Waals surface area contributed by atoms with Crippen LogP contribution in [0.4, 0.5) is 0 Å². The van der Waals surface area contributed by atoms with Crippen molar-refractivity contribution in [1.82, 2.24) is 0 Å². The predicted molar refractivity (Wildman–Crippen MR) is 42.7 cm³/mol. The fourth-order valence-electron chi connectivity index (χ4n) is 0.375. The van der Waals surface area contributed by atoms with Crippen molar-refractivity contribution < 1.29 is 0 Å². The molecule has 8 heavy (non-hydrogen) atoms. The van der Waals surface area contributed by atoms with E-state index in [-0.39, 0.29) is 4.71 Å². The van der Waals surface area contributed by atoms with Crippen LogP contribution in [-0.4, -0.2) is 4.71 Å². The van der Waals surface area contributed by atoms with E-state index in [1.165, 1.54) is 0 Å². The number of allylic oxidation sites excluding steroid dienone is 2. The van der Waals surface area contributed by atoms with Crippen molar-refractivity contribution >= 4 is 24.2 Å². The van der Waals surface area contributed by atoms with E-state index < -0.39 is 0 Å². The van der Waals surface area contributed by atoms with Gasteiger partial charge in [0.1, 0.15) is 0 Å². The second-order valence-electron chi connectivity index (χ2n) is 1.55. The smallest absolute Gasteiger partial charge is 0.0793 e. The number of hydrogen-bond donors (Lipinski definition) is 1. The Kier molecular flexibility index (Phi) is 5.78. The molecule has 0 saturated heterocycles. The molecule has 0 radical (unpaired) electrons. The molecule has 0 amide bonds. The van der Waals surface area contributed by atoms with Crippen molar-refractivity contribution in [2.75, 3.05) is 0 Å². The fraction of sp³-hybridized carbons (Fsp3) is 0.667. The molecule has 1 unspecified atom stereocenters. The van der Waals surface area contributed by atoms with E-state index in [2.05, 4.69) is 25.6 Å². The highest BCUT2D eigenvalue weighted by Gasteiger charge is 1.88. The highest BCUT2D eigenvalue weighted by atomic mass is 35.5.